The predicted octanol–water partition coefficient (Wildman–Crippen LogP) is 6.28. The van der Waals surface area contributed by atoms with Crippen molar-refractivity contribution in [2.24, 2.45) is 11.8 Å². The number of hydrogen-bond donors (Lipinski definition) is 1. The van der Waals surface area contributed by atoms with Crippen LogP contribution < -0.4 is 5.32 Å². The highest BCUT2D eigenvalue weighted by atomic mass is 16.1. The number of rotatable bonds is 15. The summed E-state index contributed by atoms with van der Waals surface area (Å²) < 4.78 is 0. The molecule has 0 saturated carbocycles. The van der Waals surface area contributed by atoms with Gasteiger partial charge in [0.1, 0.15) is 5.78 Å². The topological polar surface area (TPSA) is 32.3 Å². The molecule has 0 aromatic heterocycles. The van der Waals surface area contributed by atoms with E-state index in [2.05, 4.69) is 57.3 Å². The van der Waals surface area contributed by atoms with Crippen LogP contribution in [0.5, 0.6) is 0 Å². The molecule has 0 aromatic rings. The first-order chi connectivity index (χ1) is 13.3. The molecule has 0 aliphatic heterocycles. The molecule has 0 fully saturated rings. The summed E-state index contributed by atoms with van der Waals surface area (Å²) in [5.41, 5.74) is 3.03. The van der Waals surface area contributed by atoms with Crippen LogP contribution in [0.4, 0.5) is 0 Å². The number of ketones is 1. The molecular weight excluding hydrogens is 344 g/mol. The van der Waals surface area contributed by atoms with Gasteiger partial charge in [0.15, 0.2) is 0 Å². The predicted molar refractivity (Wildman–Crippen MR) is 126 cm³/mol. The number of nitrogens with zero attached hydrogens (tertiary/aromatic N) is 1. The van der Waals surface area contributed by atoms with Gasteiger partial charge in [-0.2, -0.15) is 0 Å². The van der Waals surface area contributed by atoms with Gasteiger partial charge in [0.05, 0.1) is 6.54 Å². The molecule has 28 heavy (non-hydrogen) atoms. The van der Waals surface area contributed by atoms with Gasteiger partial charge in [0.25, 0.3) is 0 Å². The molecule has 3 heteroatoms. The maximum Gasteiger partial charge on any atom is 0.133 e. The minimum atomic E-state index is 0.176. The normalized spacial score (nSPS) is 11.8. The van der Waals surface area contributed by atoms with Crippen LogP contribution in [-0.4, -0.2) is 30.3 Å². The third kappa shape index (κ3) is 12.4. The molecule has 0 saturated heterocycles. The second kappa shape index (κ2) is 17.1. The van der Waals surface area contributed by atoms with E-state index in [1.807, 2.05) is 32.9 Å². The summed E-state index contributed by atoms with van der Waals surface area (Å²) in [4.78, 5) is 14.1. The average Bonchev–Trinajstić information content (AvgIpc) is 2.69. The molecule has 1 unspecified atom stereocenters. The van der Waals surface area contributed by atoms with Crippen LogP contribution in [0.1, 0.15) is 60.8 Å². The SMILES string of the molecule is C=C/C=C(\C=C)CN(CC)C(=C)CNC(=C)C(CC(=O)CC)CC(C)C.CC. The number of Topliss-reactive ketones (excluding diaryl/α,β-unsaturated/α-hetero) is 1. The van der Waals surface area contributed by atoms with E-state index in [9.17, 15) is 4.79 Å². The Bertz CT molecular complexity index is 529. The lowest BCUT2D eigenvalue weighted by molar-refractivity contribution is -0.119. The molecular formula is C25H44N2O. The van der Waals surface area contributed by atoms with Gasteiger partial charge in [-0.05, 0) is 24.8 Å². The Morgan fingerprint density at radius 3 is 2.18 bits per heavy atom. The lowest BCUT2D eigenvalue weighted by Gasteiger charge is -2.28. The number of carbonyl (C=O) groups excluding carboxylic acids is 1. The number of carbonyl (C=O) groups is 1. The molecule has 3 nitrogen and oxygen atoms in total. The van der Waals surface area contributed by atoms with E-state index in [-0.39, 0.29) is 11.7 Å². The smallest absolute Gasteiger partial charge is 0.133 e. The maximum atomic E-state index is 11.9. The Kier molecular flexibility index (Phi) is 17.2. The second-order valence-corrected chi connectivity index (χ2v) is 7.06. The minimum Gasteiger partial charge on any atom is -0.383 e. The van der Waals surface area contributed by atoms with Crippen molar-refractivity contribution in [1.82, 2.24) is 10.2 Å². The Labute approximate surface area is 175 Å². The van der Waals surface area contributed by atoms with Crippen molar-refractivity contribution < 1.29 is 4.79 Å². The van der Waals surface area contributed by atoms with E-state index in [0.29, 0.717) is 25.3 Å². The van der Waals surface area contributed by atoms with E-state index >= 15 is 0 Å². The summed E-state index contributed by atoms with van der Waals surface area (Å²) in [7, 11) is 0. The van der Waals surface area contributed by atoms with E-state index in [0.717, 1.165) is 36.5 Å². The van der Waals surface area contributed by atoms with Crippen LogP contribution in [0, 0.1) is 11.8 Å². The number of allylic oxidation sites excluding steroid dienone is 3. The largest absolute Gasteiger partial charge is 0.383 e. The quantitative estimate of drug-likeness (QED) is 0.335. The molecule has 0 rings (SSSR count). The van der Waals surface area contributed by atoms with Crippen LogP contribution in [-0.2, 0) is 4.79 Å². The van der Waals surface area contributed by atoms with E-state index in [1.165, 1.54) is 0 Å². The zero-order valence-electron chi connectivity index (χ0n) is 19.3. The monoisotopic (exact) mass is 388 g/mol. The van der Waals surface area contributed by atoms with Crippen molar-refractivity contribution in [3.8, 4) is 0 Å². The summed E-state index contributed by atoms with van der Waals surface area (Å²) in [5, 5.41) is 3.40. The fourth-order valence-corrected chi connectivity index (χ4v) is 2.81. The minimum absolute atomic E-state index is 0.176. The Morgan fingerprint density at radius 2 is 1.75 bits per heavy atom. The third-order valence-electron chi connectivity index (χ3n) is 4.43. The van der Waals surface area contributed by atoms with Crippen molar-refractivity contribution in [2.75, 3.05) is 19.6 Å². The molecule has 0 aliphatic rings. The molecule has 0 aliphatic carbocycles. The second-order valence-electron chi connectivity index (χ2n) is 7.06. The summed E-state index contributed by atoms with van der Waals surface area (Å²) in [6.07, 6.45) is 7.69. The first kappa shape index (κ1) is 28.2. The summed E-state index contributed by atoms with van der Waals surface area (Å²) >= 11 is 0. The third-order valence-corrected chi connectivity index (χ3v) is 4.43. The fraction of sp³-hybridized carbons (Fsp3) is 0.560. The lowest BCUT2D eigenvalue weighted by Crippen LogP contribution is -2.32. The molecule has 160 valence electrons. The van der Waals surface area contributed by atoms with Crippen LogP contribution in [0.3, 0.4) is 0 Å². The van der Waals surface area contributed by atoms with Crippen molar-refractivity contribution in [3.63, 3.8) is 0 Å². The number of hydrogen-bond acceptors (Lipinski definition) is 3. The van der Waals surface area contributed by atoms with E-state index in [4.69, 9.17) is 0 Å². The Morgan fingerprint density at radius 1 is 1.14 bits per heavy atom. The standard InChI is InChI=1S/C23H38N2O.C2H6/c1-9-13-21(10-2)17-25(12-4)19(7)16-24-20(8)22(14-18(5)6)15-23(26)11-3;1-2/h9-10,13,18,22,24H,1-2,7-8,11-12,14-17H2,3-6H3;1-2H3/b21-13+;. The molecule has 0 aromatic carbocycles. The molecule has 0 amide bonds. The zero-order valence-corrected chi connectivity index (χ0v) is 19.3. The molecule has 1 atom stereocenters. The van der Waals surface area contributed by atoms with Gasteiger partial charge in [0.2, 0.25) is 0 Å². The molecule has 1 N–H and O–H groups in total. The summed E-state index contributed by atoms with van der Waals surface area (Å²) in [5.74, 6) is 0.991. The highest BCUT2D eigenvalue weighted by molar-refractivity contribution is 5.78. The molecule has 0 heterocycles. The van der Waals surface area contributed by atoms with Crippen molar-refractivity contribution in [1.29, 1.82) is 0 Å². The zero-order chi connectivity index (χ0) is 22.1. The Hall–Kier alpha value is -2.03. The van der Waals surface area contributed by atoms with Crippen molar-refractivity contribution in [3.05, 3.63) is 61.5 Å². The van der Waals surface area contributed by atoms with Crippen molar-refractivity contribution >= 4 is 5.78 Å². The maximum absolute atomic E-state index is 11.9. The van der Waals surface area contributed by atoms with Crippen LogP contribution in [0.25, 0.3) is 0 Å². The highest BCUT2D eigenvalue weighted by Gasteiger charge is 2.18. The van der Waals surface area contributed by atoms with Gasteiger partial charge in [-0.1, -0.05) is 79.2 Å². The summed E-state index contributed by atoms with van der Waals surface area (Å²) in [6.45, 7) is 30.6. The van der Waals surface area contributed by atoms with Crippen LogP contribution in [0.15, 0.2) is 61.5 Å². The van der Waals surface area contributed by atoms with Gasteiger partial charge in [-0.15, -0.1) is 0 Å². The molecule has 0 bridgehead atoms. The van der Waals surface area contributed by atoms with Gasteiger partial charge >= 0.3 is 0 Å². The van der Waals surface area contributed by atoms with Gasteiger partial charge in [-0.3, -0.25) is 4.79 Å². The lowest BCUT2D eigenvalue weighted by atomic mass is 9.89. The Balaban J connectivity index is 0. The average molecular weight is 389 g/mol. The summed E-state index contributed by atoms with van der Waals surface area (Å²) in [6, 6.07) is 0. The number of likely N-dealkylation sites (N-methyl/N-ethyl adjacent to an activating group) is 1. The van der Waals surface area contributed by atoms with Crippen LogP contribution in [0.2, 0.25) is 0 Å². The van der Waals surface area contributed by atoms with E-state index < -0.39 is 0 Å². The fourth-order valence-electron chi connectivity index (χ4n) is 2.81. The van der Waals surface area contributed by atoms with Crippen molar-refractivity contribution in [2.45, 2.75) is 60.8 Å². The first-order valence-corrected chi connectivity index (χ1v) is 10.6. The first-order valence-electron chi connectivity index (χ1n) is 10.6. The number of nitrogens with one attached hydrogen (secondary N) is 1. The van der Waals surface area contributed by atoms with Gasteiger partial charge in [-0.25, -0.2) is 0 Å². The molecule has 0 radical (unpaired) electrons. The van der Waals surface area contributed by atoms with E-state index in [1.54, 1.807) is 6.08 Å². The van der Waals surface area contributed by atoms with Crippen LogP contribution >= 0.6 is 0 Å². The van der Waals surface area contributed by atoms with Gasteiger partial charge < -0.3 is 10.2 Å². The van der Waals surface area contributed by atoms with Gasteiger partial charge in [0, 0.05) is 43.2 Å². The highest BCUT2D eigenvalue weighted by Crippen LogP contribution is 2.22. The molecule has 0 spiro atoms.